The lowest BCUT2D eigenvalue weighted by Crippen LogP contribution is -2.29. The van der Waals surface area contributed by atoms with E-state index in [9.17, 15) is 9.59 Å². The van der Waals surface area contributed by atoms with Crippen molar-refractivity contribution in [1.82, 2.24) is 9.55 Å². The molecule has 3 aromatic rings. The van der Waals surface area contributed by atoms with E-state index in [4.69, 9.17) is 4.74 Å². The van der Waals surface area contributed by atoms with Crippen LogP contribution in [0.4, 0.5) is 5.69 Å². The highest BCUT2D eigenvalue weighted by Gasteiger charge is 2.11. The molecule has 0 aliphatic heterocycles. The van der Waals surface area contributed by atoms with Gasteiger partial charge in [-0.15, -0.1) is 0 Å². The first-order valence-corrected chi connectivity index (χ1v) is 8.14. The number of hydrogen-bond acceptors (Lipinski definition) is 4. The fraction of sp³-hybridized carbons (Fsp3) is 0.150. The van der Waals surface area contributed by atoms with E-state index in [-0.39, 0.29) is 18.0 Å². The van der Waals surface area contributed by atoms with E-state index in [1.165, 1.54) is 10.6 Å². The zero-order chi connectivity index (χ0) is 18.5. The molecule has 0 fully saturated rings. The van der Waals surface area contributed by atoms with Gasteiger partial charge in [-0.2, -0.15) is 0 Å². The zero-order valence-corrected chi connectivity index (χ0v) is 14.6. The third kappa shape index (κ3) is 3.97. The highest BCUT2D eigenvalue weighted by atomic mass is 16.5. The Morgan fingerprint density at radius 2 is 1.88 bits per heavy atom. The van der Waals surface area contributed by atoms with Gasteiger partial charge in [-0.3, -0.25) is 14.2 Å². The van der Waals surface area contributed by atoms with Crippen molar-refractivity contribution in [2.75, 3.05) is 12.4 Å². The number of rotatable bonds is 5. The normalized spacial score (nSPS) is 10.4. The zero-order valence-electron chi connectivity index (χ0n) is 14.6. The van der Waals surface area contributed by atoms with Crippen LogP contribution in [0.25, 0.3) is 11.3 Å². The van der Waals surface area contributed by atoms with E-state index in [0.29, 0.717) is 23.0 Å². The second kappa shape index (κ2) is 7.65. The second-order valence-corrected chi connectivity index (χ2v) is 5.76. The monoisotopic (exact) mass is 349 g/mol. The number of ether oxygens (including phenoxy) is 1. The fourth-order valence-corrected chi connectivity index (χ4v) is 2.62. The molecule has 0 bridgehead atoms. The maximum absolute atomic E-state index is 12.4. The van der Waals surface area contributed by atoms with Gasteiger partial charge in [0.2, 0.25) is 5.91 Å². The van der Waals surface area contributed by atoms with Gasteiger partial charge in [0.15, 0.2) is 0 Å². The van der Waals surface area contributed by atoms with Crippen LogP contribution in [0.1, 0.15) is 5.82 Å². The SMILES string of the molecule is COc1cccc(NC(=O)Cn2c(C)nc(-c3ccccc3)cc2=O)c1. The number of nitrogens with zero attached hydrogens (tertiary/aromatic N) is 2. The summed E-state index contributed by atoms with van der Waals surface area (Å²) in [4.78, 5) is 29.2. The Bertz CT molecular complexity index is 981. The van der Waals surface area contributed by atoms with Crippen LogP contribution in [-0.2, 0) is 11.3 Å². The molecule has 0 atom stereocenters. The second-order valence-electron chi connectivity index (χ2n) is 5.76. The highest BCUT2D eigenvalue weighted by Crippen LogP contribution is 2.17. The van der Waals surface area contributed by atoms with Gasteiger partial charge in [0, 0.05) is 23.4 Å². The average molecular weight is 349 g/mol. The fourth-order valence-electron chi connectivity index (χ4n) is 2.62. The predicted octanol–water partition coefficient (Wildman–Crippen LogP) is 2.87. The molecule has 0 spiro atoms. The first-order chi connectivity index (χ1) is 12.6. The molecule has 1 N–H and O–H groups in total. The van der Waals surface area contributed by atoms with Crippen molar-refractivity contribution < 1.29 is 9.53 Å². The van der Waals surface area contributed by atoms with Crippen LogP contribution >= 0.6 is 0 Å². The van der Waals surface area contributed by atoms with Gasteiger partial charge in [0.1, 0.15) is 18.1 Å². The molecule has 0 unspecified atom stereocenters. The Morgan fingerprint density at radius 3 is 2.58 bits per heavy atom. The van der Waals surface area contributed by atoms with E-state index in [2.05, 4.69) is 10.3 Å². The van der Waals surface area contributed by atoms with E-state index in [0.717, 1.165) is 5.56 Å². The minimum Gasteiger partial charge on any atom is -0.497 e. The van der Waals surface area contributed by atoms with Gasteiger partial charge >= 0.3 is 0 Å². The number of carbonyl (C=O) groups excluding carboxylic acids is 1. The molecule has 6 heteroatoms. The van der Waals surface area contributed by atoms with Crippen LogP contribution in [0, 0.1) is 6.92 Å². The molecule has 132 valence electrons. The van der Waals surface area contributed by atoms with Crippen molar-refractivity contribution in [3.05, 3.63) is 76.8 Å². The summed E-state index contributed by atoms with van der Waals surface area (Å²) in [7, 11) is 1.56. The van der Waals surface area contributed by atoms with E-state index in [1.807, 2.05) is 30.3 Å². The Labute approximate surface area is 151 Å². The number of carbonyl (C=O) groups is 1. The topological polar surface area (TPSA) is 73.2 Å². The molecule has 1 heterocycles. The lowest BCUT2D eigenvalue weighted by molar-refractivity contribution is -0.116. The highest BCUT2D eigenvalue weighted by molar-refractivity contribution is 5.90. The molecular formula is C20H19N3O3. The third-order valence-electron chi connectivity index (χ3n) is 3.92. The predicted molar refractivity (Wildman–Crippen MR) is 100 cm³/mol. The van der Waals surface area contributed by atoms with Gasteiger partial charge < -0.3 is 10.1 Å². The molecule has 6 nitrogen and oxygen atoms in total. The lowest BCUT2D eigenvalue weighted by atomic mass is 10.1. The first-order valence-electron chi connectivity index (χ1n) is 8.14. The Kier molecular flexibility index (Phi) is 5.12. The van der Waals surface area contributed by atoms with E-state index in [1.54, 1.807) is 38.3 Å². The van der Waals surface area contributed by atoms with Crippen LogP contribution in [-0.4, -0.2) is 22.6 Å². The number of aromatic nitrogens is 2. The van der Waals surface area contributed by atoms with Crippen molar-refractivity contribution >= 4 is 11.6 Å². The van der Waals surface area contributed by atoms with Gasteiger partial charge in [0.25, 0.3) is 5.56 Å². The largest absolute Gasteiger partial charge is 0.497 e. The third-order valence-corrected chi connectivity index (χ3v) is 3.92. The molecule has 0 aliphatic carbocycles. The minimum atomic E-state index is -0.308. The van der Waals surface area contributed by atoms with Crippen LogP contribution in [0.5, 0.6) is 5.75 Å². The lowest BCUT2D eigenvalue weighted by Gasteiger charge is -2.11. The Morgan fingerprint density at radius 1 is 1.12 bits per heavy atom. The van der Waals surface area contributed by atoms with Crippen LogP contribution < -0.4 is 15.6 Å². The van der Waals surface area contributed by atoms with Crippen molar-refractivity contribution in [2.24, 2.45) is 0 Å². The van der Waals surface area contributed by atoms with Gasteiger partial charge in [0.05, 0.1) is 12.8 Å². The number of hydrogen-bond donors (Lipinski definition) is 1. The van der Waals surface area contributed by atoms with Crippen molar-refractivity contribution in [2.45, 2.75) is 13.5 Å². The van der Waals surface area contributed by atoms with Gasteiger partial charge in [-0.1, -0.05) is 36.4 Å². The van der Waals surface area contributed by atoms with E-state index >= 15 is 0 Å². The smallest absolute Gasteiger partial charge is 0.254 e. The molecule has 0 aliphatic rings. The summed E-state index contributed by atoms with van der Waals surface area (Å²) in [5.74, 6) is 0.819. The van der Waals surface area contributed by atoms with Gasteiger partial charge in [-0.05, 0) is 19.1 Å². The quantitative estimate of drug-likeness (QED) is 0.769. The molecule has 1 aromatic heterocycles. The molecule has 0 radical (unpaired) electrons. The maximum Gasteiger partial charge on any atom is 0.254 e. The maximum atomic E-state index is 12.4. The van der Waals surface area contributed by atoms with Crippen LogP contribution in [0.3, 0.4) is 0 Å². The minimum absolute atomic E-state index is 0.107. The molecule has 2 aromatic carbocycles. The molecule has 0 saturated heterocycles. The van der Waals surface area contributed by atoms with Crippen LogP contribution in [0.15, 0.2) is 65.5 Å². The summed E-state index contributed by atoms with van der Waals surface area (Å²) in [5, 5.41) is 2.76. The summed E-state index contributed by atoms with van der Waals surface area (Å²) >= 11 is 0. The van der Waals surface area contributed by atoms with Gasteiger partial charge in [-0.25, -0.2) is 4.98 Å². The summed E-state index contributed by atoms with van der Waals surface area (Å²) in [5.41, 5.74) is 1.80. The van der Waals surface area contributed by atoms with Crippen LogP contribution in [0.2, 0.25) is 0 Å². The number of anilines is 1. The van der Waals surface area contributed by atoms with E-state index < -0.39 is 0 Å². The molecule has 0 saturated carbocycles. The summed E-state index contributed by atoms with van der Waals surface area (Å²) in [6.45, 7) is 1.61. The molecular weight excluding hydrogens is 330 g/mol. The van der Waals surface area contributed by atoms with Crippen molar-refractivity contribution in [1.29, 1.82) is 0 Å². The first kappa shape index (κ1) is 17.4. The van der Waals surface area contributed by atoms with Crippen molar-refractivity contribution in [3.8, 4) is 17.0 Å². The number of methoxy groups -OCH3 is 1. The average Bonchev–Trinajstić information content (AvgIpc) is 2.65. The number of nitrogens with one attached hydrogen (secondary N) is 1. The molecule has 26 heavy (non-hydrogen) atoms. The summed E-state index contributed by atoms with van der Waals surface area (Å²) in [6, 6.07) is 17.9. The Hall–Kier alpha value is -3.41. The van der Waals surface area contributed by atoms with Crippen molar-refractivity contribution in [3.63, 3.8) is 0 Å². The molecule has 1 amide bonds. The number of benzene rings is 2. The Balaban J connectivity index is 1.79. The number of amides is 1. The number of aryl methyl sites for hydroxylation is 1. The summed E-state index contributed by atoms with van der Waals surface area (Å²) < 4.78 is 6.48. The molecule has 3 rings (SSSR count). The standard InChI is InChI=1S/C20H19N3O3/c1-14-21-18(15-7-4-3-5-8-15)12-20(25)23(14)13-19(24)22-16-9-6-10-17(11-16)26-2/h3-12H,13H2,1-2H3,(H,22,24). The summed E-state index contributed by atoms with van der Waals surface area (Å²) in [6.07, 6.45) is 0.